The molecule has 1 unspecified atom stereocenters. The number of hydrogen-bond acceptors (Lipinski definition) is 3. The van der Waals surface area contributed by atoms with Gasteiger partial charge in [-0.15, -0.1) is 0 Å². The maximum atomic E-state index is 12.6. The van der Waals surface area contributed by atoms with Crippen LogP contribution in [0.5, 0.6) is 0 Å². The van der Waals surface area contributed by atoms with Crippen molar-refractivity contribution in [2.75, 3.05) is 19.8 Å². The molecule has 112 valence electrons. The van der Waals surface area contributed by atoms with Crippen molar-refractivity contribution in [3.8, 4) is 0 Å². The van der Waals surface area contributed by atoms with Crippen LogP contribution < -0.4 is 10.6 Å². The fourth-order valence-electron chi connectivity index (χ4n) is 1.04. The molecule has 19 heavy (non-hydrogen) atoms. The number of alkyl halides is 3. The predicted octanol–water partition coefficient (Wildman–Crippen LogP) is 1.12. The molecule has 0 aromatic rings. The van der Waals surface area contributed by atoms with Crippen LogP contribution in [0.2, 0.25) is 0 Å². The summed E-state index contributed by atoms with van der Waals surface area (Å²) in [6, 6.07) is -1.20. The largest absolute Gasteiger partial charge is 0.479 e. The first-order valence-corrected chi connectivity index (χ1v) is 5.59. The van der Waals surface area contributed by atoms with E-state index < -0.39 is 23.7 Å². The fourth-order valence-corrected chi connectivity index (χ4v) is 1.04. The number of amides is 2. The minimum absolute atomic E-state index is 0.0827. The van der Waals surface area contributed by atoms with Crippen LogP contribution in [0.1, 0.15) is 20.3 Å². The third kappa shape index (κ3) is 5.33. The topological polar surface area (TPSA) is 87.7 Å². The summed E-state index contributed by atoms with van der Waals surface area (Å²) in [5.74, 6) is -2.18. The Hall–Kier alpha value is -1.51. The molecule has 0 aliphatic rings. The monoisotopic (exact) mass is 286 g/mol. The SMILES string of the molecule is CCOCCCNC(=O)NC(C)(C(=O)O)C(F)(F)F. The Morgan fingerprint density at radius 3 is 2.32 bits per heavy atom. The average Bonchev–Trinajstić information content (AvgIpc) is 2.26. The van der Waals surface area contributed by atoms with Crippen LogP contribution in [-0.2, 0) is 9.53 Å². The van der Waals surface area contributed by atoms with Gasteiger partial charge in [-0.2, -0.15) is 13.2 Å². The molecule has 0 radical (unpaired) electrons. The highest BCUT2D eigenvalue weighted by molar-refractivity contribution is 5.86. The van der Waals surface area contributed by atoms with E-state index in [0.29, 0.717) is 26.6 Å². The second-order valence-electron chi connectivity index (χ2n) is 3.86. The van der Waals surface area contributed by atoms with Crippen LogP contribution in [-0.4, -0.2) is 48.6 Å². The Morgan fingerprint density at radius 1 is 1.32 bits per heavy atom. The zero-order chi connectivity index (χ0) is 15.1. The standard InChI is InChI=1S/C10H17F3N2O4/c1-3-19-6-4-5-14-8(18)15-9(2,7(16)17)10(11,12)13/h3-6H2,1-2H3,(H,16,17)(H2,14,15,18). The van der Waals surface area contributed by atoms with E-state index in [4.69, 9.17) is 9.84 Å². The number of carbonyl (C=O) groups excluding carboxylic acids is 1. The third-order valence-corrected chi connectivity index (χ3v) is 2.31. The quantitative estimate of drug-likeness (QED) is 0.612. The molecule has 6 nitrogen and oxygen atoms in total. The summed E-state index contributed by atoms with van der Waals surface area (Å²) < 4.78 is 42.6. The number of urea groups is 1. The van der Waals surface area contributed by atoms with Gasteiger partial charge in [-0.25, -0.2) is 9.59 Å². The van der Waals surface area contributed by atoms with Crippen molar-refractivity contribution in [1.82, 2.24) is 10.6 Å². The lowest BCUT2D eigenvalue weighted by molar-refractivity contribution is -0.203. The lowest BCUT2D eigenvalue weighted by Crippen LogP contribution is -2.63. The molecule has 2 amide bonds. The number of hydrogen-bond donors (Lipinski definition) is 3. The van der Waals surface area contributed by atoms with Gasteiger partial charge >= 0.3 is 18.2 Å². The lowest BCUT2D eigenvalue weighted by atomic mass is 10.0. The van der Waals surface area contributed by atoms with E-state index in [1.807, 2.05) is 0 Å². The number of carboxylic acid groups (broad SMARTS) is 1. The summed E-state index contributed by atoms with van der Waals surface area (Å²) in [6.07, 6.45) is -4.68. The first-order valence-electron chi connectivity index (χ1n) is 5.59. The van der Waals surface area contributed by atoms with Gasteiger partial charge in [0.2, 0.25) is 5.54 Å². The molecule has 0 saturated carbocycles. The van der Waals surface area contributed by atoms with E-state index in [-0.39, 0.29) is 6.54 Å². The number of halogens is 3. The average molecular weight is 286 g/mol. The van der Waals surface area contributed by atoms with E-state index in [1.165, 1.54) is 5.32 Å². The molecule has 9 heteroatoms. The Bertz CT molecular complexity index is 322. The summed E-state index contributed by atoms with van der Waals surface area (Å²) in [6.45, 7) is 3.10. The number of aliphatic carboxylic acids is 1. The summed E-state index contributed by atoms with van der Waals surface area (Å²) in [5, 5.41) is 12.1. The second-order valence-corrected chi connectivity index (χ2v) is 3.86. The van der Waals surface area contributed by atoms with Crippen molar-refractivity contribution in [2.24, 2.45) is 0 Å². The van der Waals surface area contributed by atoms with Crippen molar-refractivity contribution in [1.29, 1.82) is 0 Å². The van der Waals surface area contributed by atoms with E-state index in [1.54, 1.807) is 6.92 Å². The first-order chi connectivity index (χ1) is 8.65. The summed E-state index contributed by atoms with van der Waals surface area (Å²) in [4.78, 5) is 21.9. The molecule has 0 aromatic carbocycles. The molecule has 0 spiro atoms. The van der Waals surface area contributed by atoms with Crippen LogP contribution in [0, 0.1) is 0 Å². The number of carbonyl (C=O) groups is 2. The van der Waals surface area contributed by atoms with Crippen molar-refractivity contribution in [3.05, 3.63) is 0 Å². The highest BCUT2D eigenvalue weighted by Crippen LogP contribution is 2.30. The molecule has 0 aliphatic heterocycles. The van der Waals surface area contributed by atoms with Crippen molar-refractivity contribution in [2.45, 2.75) is 32.0 Å². The van der Waals surface area contributed by atoms with Crippen molar-refractivity contribution >= 4 is 12.0 Å². The summed E-state index contributed by atoms with van der Waals surface area (Å²) in [7, 11) is 0. The van der Waals surface area contributed by atoms with Crippen LogP contribution in [0.25, 0.3) is 0 Å². The first kappa shape index (κ1) is 17.5. The Balaban J connectivity index is 4.32. The van der Waals surface area contributed by atoms with E-state index in [9.17, 15) is 22.8 Å². The van der Waals surface area contributed by atoms with Gasteiger partial charge in [0.15, 0.2) is 0 Å². The molecule has 0 rings (SSSR count). The van der Waals surface area contributed by atoms with Gasteiger partial charge in [0.05, 0.1) is 0 Å². The zero-order valence-corrected chi connectivity index (χ0v) is 10.6. The van der Waals surface area contributed by atoms with Crippen LogP contribution in [0.3, 0.4) is 0 Å². The molecule has 0 aliphatic carbocycles. The number of nitrogens with one attached hydrogen (secondary N) is 2. The lowest BCUT2D eigenvalue weighted by Gasteiger charge is -2.28. The number of ether oxygens (including phenoxy) is 1. The van der Waals surface area contributed by atoms with E-state index in [2.05, 4.69) is 5.32 Å². The zero-order valence-electron chi connectivity index (χ0n) is 10.6. The van der Waals surface area contributed by atoms with Gasteiger partial charge < -0.3 is 20.5 Å². The van der Waals surface area contributed by atoms with Crippen LogP contribution in [0.4, 0.5) is 18.0 Å². The molecule has 0 heterocycles. The predicted molar refractivity (Wildman–Crippen MR) is 59.7 cm³/mol. The van der Waals surface area contributed by atoms with Gasteiger partial charge in [0.25, 0.3) is 0 Å². The molecule has 3 N–H and O–H groups in total. The summed E-state index contributed by atoms with van der Waals surface area (Å²) >= 11 is 0. The van der Waals surface area contributed by atoms with Crippen molar-refractivity contribution in [3.63, 3.8) is 0 Å². The van der Waals surface area contributed by atoms with Gasteiger partial charge in [0, 0.05) is 19.8 Å². The third-order valence-electron chi connectivity index (χ3n) is 2.31. The fraction of sp³-hybridized carbons (Fsp3) is 0.800. The summed E-state index contributed by atoms with van der Waals surface area (Å²) in [5.41, 5.74) is -3.32. The number of rotatable bonds is 7. The molecule has 0 saturated heterocycles. The second kappa shape index (κ2) is 7.17. The molecular weight excluding hydrogens is 269 g/mol. The van der Waals surface area contributed by atoms with Gasteiger partial charge in [-0.3, -0.25) is 0 Å². The number of carboxylic acids is 1. The Kier molecular flexibility index (Phi) is 6.60. The van der Waals surface area contributed by atoms with Crippen molar-refractivity contribution < 1.29 is 32.6 Å². The minimum Gasteiger partial charge on any atom is -0.479 e. The van der Waals surface area contributed by atoms with Crippen LogP contribution >= 0.6 is 0 Å². The van der Waals surface area contributed by atoms with Gasteiger partial charge in [-0.05, 0) is 20.3 Å². The molecule has 0 bridgehead atoms. The Labute approximate surface area is 108 Å². The maximum Gasteiger partial charge on any atom is 0.422 e. The minimum atomic E-state index is -5.10. The van der Waals surface area contributed by atoms with Gasteiger partial charge in [-0.1, -0.05) is 0 Å². The smallest absolute Gasteiger partial charge is 0.422 e. The maximum absolute atomic E-state index is 12.6. The Morgan fingerprint density at radius 2 is 1.89 bits per heavy atom. The van der Waals surface area contributed by atoms with Gasteiger partial charge in [0.1, 0.15) is 0 Å². The molecular formula is C10H17F3N2O4. The molecule has 1 atom stereocenters. The normalized spacial score (nSPS) is 14.6. The highest BCUT2D eigenvalue weighted by Gasteiger charge is 2.58. The molecule has 0 fully saturated rings. The molecule has 0 aromatic heterocycles. The van der Waals surface area contributed by atoms with E-state index in [0.717, 1.165) is 0 Å². The van der Waals surface area contributed by atoms with Crippen LogP contribution in [0.15, 0.2) is 0 Å². The highest BCUT2D eigenvalue weighted by atomic mass is 19.4. The van der Waals surface area contributed by atoms with E-state index >= 15 is 0 Å².